The fourth-order valence-corrected chi connectivity index (χ4v) is 4.37. The highest BCUT2D eigenvalue weighted by Gasteiger charge is 2.60. The SMILES string of the molecule is CO[C@]1(c2ccccc2)O[C@@H]2O[C@@H](C)[C@H](OC(=O)c3ccccc3)[C@H](OC(=O)c3ccccc3)[C@H]2O1. The molecule has 0 aliphatic carbocycles. The van der Waals surface area contributed by atoms with Crippen LogP contribution in [0.15, 0.2) is 91.0 Å². The first-order valence-corrected chi connectivity index (χ1v) is 11.6. The monoisotopic (exact) mass is 490 g/mol. The number of esters is 2. The Bertz CT molecular complexity index is 1190. The summed E-state index contributed by atoms with van der Waals surface area (Å²) in [5.74, 6) is -2.76. The highest BCUT2D eigenvalue weighted by molar-refractivity contribution is 5.90. The van der Waals surface area contributed by atoms with Crippen molar-refractivity contribution in [2.75, 3.05) is 7.11 Å². The van der Waals surface area contributed by atoms with Crippen molar-refractivity contribution >= 4 is 11.9 Å². The first kappa shape index (κ1) is 24.1. The lowest BCUT2D eigenvalue weighted by molar-refractivity contribution is -0.356. The van der Waals surface area contributed by atoms with Crippen molar-refractivity contribution in [2.24, 2.45) is 0 Å². The van der Waals surface area contributed by atoms with E-state index in [0.717, 1.165) is 0 Å². The van der Waals surface area contributed by atoms with Crippen molar-refractivity contribution < 1.29 is 38.0 Å². The van der Waals surface area contributed by atoms with Gasteiger partial charge in [-0.25, -0.2) is 9.59 Å². The third-order valence-corrected chi connectivity index (χ3v) is 6.19. The van der Waals surface area contributed by atoms with Gasteiger partial charge in [0, 0.05) is 12.7 Å². The van der Waals surface area contributed by atoms with E-state index < -0.39 is 48.6 Å². The van der Waals surface area contributed by atoms with Crippen molar-refractivity contribution in [3.63, 3.8) is 0 Å². The molecule has 0 radical (unpaired) electrons. The summed E-state index contributed by atoms with van der Waals surface area (Å²) in [7, 11) is 1.45. The molecular weight excluding hydrogens is 464 g/mol. The van der Waals surface area contributed by atoms with E-state index in [1.165, 1.54) is 7.11 Å². The second-order valence-corrected chi connectivity index (χ2v) is 8.51. The number of fused-ring (bicyclic) bond motifs is 1. The Labute approximate surface area is 208 Å². The van der Waals surface area contributed by atoms with E-state index in [1.807, 2.05) is 18.2 Å². The van der Waals surface area contributed by atoms with Gasteiger partial charge < -0.3 is 23.7 Å². The first-order valence-electron chi connectivity index (χ1n) is 11.6. The number of carbonyl (C=O) groups excluding carboxylic acids is 2. The Morgan fingerprint density at radius 3 is 1.75 bits per heavy atom. The molecule has 3 aromatic rings. The molecule has 2 heterocycles. The molecule has 186 valence electrons. The summed E-state index contributed by atoms with van der Waals surface area (Å²) in [5.41, 5.74) is 1.31. The van der Waals surface area contributed by atoms with Crippen molar-refractivity contribution in [3.8, 4) is 0 Å². The topological polar surface area (TPSA) is 89.5 Å². The molecule has 2 fully saturated rings. The molecule has 2 aliphatic rings. The summed E-state index contributed by atoms with van der Waals surface area (Å²) in [5, 5.41) is 0. The molecule has 0 spiro atoms. The lowest BCUT2D eigenvalue weighted by Gasteiger charge is -2.40. The van der Waals surface area contributed by atoms with Crippen LogP contribution >= 0.6 is 0 Å². The Balaban J connectivity index is 1.47. The Morgan fingerprint density at radius 2 is 1.22 bits per heavy atom. The Hall–Kier alpha value is -3.56. The molecule has 0 bridgehead atoms. The van der Waals surface area contributed by atoms with E-state index in [4.69, 9.17) is 28.4 Å². The number of hydrogen-bond acceptors (Lipinski definition) is 8. The zero-order valence-electron chi connectivity index (χ0n) is 19.8. The van der Waals surface area contributed by atoms with E-state index >= 15 is 0 Å². The Kier molecular flexibility index (Phi) is 6.84. The minimum absolute atomic E-state index is 0.348. The van der Waals surface area contributed by atoms with Gasteiger partial charge in [0.15, 0.2) is 24.6 Å². The van der Waals surface area contributed by atoms with E-state index in [-0.39, 0.29) is 0 Å². The van der Waals surface area contributed by atoms with Gasteiger partial charge in [-0.3, -0.25) is 4.74 Å². The quantitative estimate of drug-likeness (QED) is 0.478. The number of carbonyl (C=O) groups is 2. The van der Waals surface area contributed by atoms with Gasteiger partial charge >= 0.3 is 17.9 Å². The molecule has 8 heteroatoms. The summed E-state index contributed by atoms with van der Waals surface area (Å²) in [6.07, 6.45) is -4.58. The standard InChI is InChI=1S/C28H26O8/c1-18-22(33-25(29)19-12-6-3-7-13-19)23(34-26(30)20-14-8-4-9-15-20)24-27(32-18)36-28(31-2,35-24)21-16-10-5-11-17-21/h3-18,22-24,27H,1-2H3/t18-,22-,23-,24+,27-,28-/m0/s1. The van der Waals surface area contributed by atoms with Crippen LogP contribution in [0.5, 0.6) is 0 Å². The number of methoxy groups -OCH3 is 1. The van der Waals surface area contributed by atoms with Crippen molar-refractivity contribution in [3.05, 3.63) is 108 Å². The minimum Gasteiger partial charge on any atom is -0.452 e. The predicted octanol–water partition coefficient (Wildman–Crippen LogP) is 4.05. The number of rotatable bonds is 6. The molecule has 0 saturated carbocycles. The molecular formula is C28H26O8. The lowest BCUT2D eigenvalue weighted by Crippen LogP contribution is -2.58. The maximum Gasteiger partial charge on any atom is 0.338 e. The number of ether oxygens (including phenoxy) is 6. The summed E-state index contributed by atoms with van der Waals surface area (Å²) in [6.45, 7) is 1.72. The van der Waals surface area contributed by atoms with Crippen LogP contribution in [0.2, 0.25) is 0 Å². The highest BCUT2D eigenvalue weighted by atomic mass is 16.9. The van der Waals surface area contributed by atoms with Gasteiger partial charge in [0.1, 0.15) is 0 Å². The van der Waals surface area contributed by atoms with Gasteiger partial charge in [0.25, 0.3) is 0 Å². The molecule has 5 rings (SSSR count). The van der Waals surface area contributed by atoms with Crippen molar-refractivity contribution in [1.29, 1.82) is 0 Å². The number of benzene rings is 3. The van der Waals surface area contributed by atoms with E-state index in [2.05, 4.69) is 0 Å². The van der Waals surface area contributed by atoms with Crippen molar-refractivity contribution in [2.45, 2.75) is 43.6 Å². The third kappa shape index (κ3) is 4.64. The lowest BCUT2D eigenvalue weighted by atomic mass is 9.99. The van der Waals surface area contributed by atoms with Crippen LogP contribution in [0.4, 0.5) is 0 Å². The van der Waals surface area contributed by atoms with Gasteiger partial charge in [-0.05, 0) is 31.2 Å². The van der Waals surface area contributed by atoms with Gasteiger partial charge in [0.05, 0.1) is 17.2 Å². The summed E-state index contributed by atoms with van der Waals surface area (Å²) in [4.78, 5) is 26.0. The second-order valence-electron chi connectivity index (χ2n) is 8.51. The fraction of sp³-hybridized carbons (Fsp3) is 0.286. The maximum absolute atomic E-state index is 13.1. The van der Waals surface area contributed by atoms with Crippen LogP contribution in [0.25, 0.3) is 0 Å². The second kappa shape index (κ2) is 10.2. The molecule has 0 amide bonds. The summed E-state index contributed by atoms with van der Waals surface area (Å²) >= 11 is 0. The van der Waals surface area contributed by atoms with Crippen molar-refractivity contribution in [1.82, 2.24) is 0 Å². The van der Waals surface area contributed by atoms with E-state index in [1.54, 1.807) is 79.7 Å². The van der Waals surface area contributed by atoms with Crippen LogP contribution in [0.1, 0.15) is 33.2 Å². The van der Waals surface area contributed by atoms with Crippen LogP contribution in [-0.4, -0.2) is 49.8 Å². The van der Waals surface area contributed by atoms with Gasteiger partial charge in [-0.2, -0.15) is 0 Å². The predicted molar refractivity (Wildman–Crippen MR) is 127 cm³/mol. The third-order valence-electron chi connectivity index (χ3n) is 6.19. The van der Waals surface area contributed by atoms with Gasteiger partial charge in [-0.1, -0.05) is 66.7 Å². The first-order chi connectivity index (χ1) is 17.5. The average molecular weight is 491 g/mol. The fourth-order valence-electron chi connectivity index (χ4n) is 4.37. The normalized spacial score (nSPS) is 29.2. The molecule has 0 aromatic heterocycles. The molecule has 36 heavy (non-hydrogen) atoms. The highest BCUT2D eigenvalue weighted by Crippen LogP contribution is 2.44. The van der Waals surface area contributed by atoms with Crippen LogP contribution in [0, 0.1) is 0 Å². The minimum atomic E-state index is -1.59. The zero-order valence-corrected chi connectivity index (χ0v) is 19.8. The number of hydrogen-bond donors (Lipinski definition) is 0. The smallest absolute Gasteiger partial charge is 0.338 e. The summed E-state index contributed by atoms with van der Waals surface area (Å²) in [6, 6.07) is 26.2. The van der Waals surface area contributed by atoms with Crippen LogP contribution in [-0.2, 0) is 34.4 Å². The molecule has 8 nitrogen and oxygen atoms in total. The average Bonchev–Trinajstić information content (AvgIpc) is 3.31. The Morgan fingerprint density at radius 1 is 0.722 bits per heavy atom. The zero-order chi connectivity index (χ0) is 25.1. The molecule has 2 aliphatic heterocycles. The van der Waals surface area contributed by atoms with E-state index in [0.29, 0.717) is 16.7 Å². The van der Waals surface area contributed by atoms with Crippen LogP contribution in [0.3, 0.4) is 0 Å². The maximum atomic E-state index is 13.1. The molecule has 0 unspecified atom stereocenters. The molecule has 2 saturated heterocycles. The molecule has 0 N–H and O–H groups in total. The van der Waals surface area contributed by atoms with Gasteiger partial charge in [0.2, 0.25) is 0 Å². The molecule has 6 atom stereocenters. The van der Waals surface area contributed by atoms with E-state index in [9.17, 15) is 9.59 Å². The molecule has 3 aromatic carbocycles. The largest absolute Gasteiger partial charge is 0.452 e. The van der Waals surface area contributed by atoms with Crippen LogP contribution < -0.4 is 0 Å². The summed E-state index contributed by atoms with van der Waals surface area (Å²) < 4.78 is 35.9. The van der Waals surface area contributed by atoms with Gasteiger partial charge in [-0.15, -0.1) is 0 Å².